The van der Waals surface area contributed by atoms with E-state index in [-0.39, 0.29) is 0 Å². The number of hydrogen-bond donors (Lipinski definition) is 1. The molecule has 1 unspecified atom stereocenters. The average molecular weight is 248 g/mol. The Bertz CT molecular complexity index is 359. The summed E-state index contributed by atoms with van der Waals surface area (Å²) in [5.74, 6) is 1.36. The first kappa shape index (κ1) is 13.3. The van der Waals surface area contributed by atoms with Crippen molar-refractivity contribution in [2.45, 2.75) is 51.5 Å². The summed E-state index contributed by atoms with van der Waals surface area (Å²) in [5.41, 5.74) is 6.90. The van der Waals surface area contributed by atoms with Crippen molar-refractivity contribution in [3.05, 3.63) is 18.0 Å². The summed E-state index contributed by atoms with van der Waals surface area (Å²) < 4.78 is 0. The van der Waals surface area contributed by atoms with Crippen molar-refractivity contribution < 1.29 is 0 Å². The van der Waals surface area contributed by atoms with E-state index in [4.69, 9.17) is 5.73 Å². The molecule has 0 radical (unpaired) electrons. The highest BCUT2D eigenvalue weighted by Gasteiger charge is 2.23. The number of aromatic nitrogens is 2. The average Bonchev–Trinajstić information content (AvgIpc) is 2.40. The monoisotopic (exact) mass is 248 g/mol. The van der Waals surface area contributed by atoms with Gasteiger partial charge in [-0.2, -0.15) is 0 Å². The van der Waals surface area contributed by atoms with Crippen molar-refractivity contribution in [1.29, 1.82) is 0 Å². The fourth-order valence-electron chi connectivity index (χ4n) is 2.53. The van der Waals surface area contributed by atoms with Gasteiger partial charge in [-0.1, -0.05) is 13.8 Å². The van der Waals surface area contributed by atoms with Crippen molar-refractivity contribution in [2.75, 3.05) is 18.0 Å². The van der Waals surface area contributed by atoms with Crippen molar-refractivity contribution >= 4 is 5.95 Å². The number of nitrogens with two attached hydrogens (primary N) is 1. The van der Waals surface area contributed by atoms with E-state index in [1.54, 1.807) is 0 Å². The second-order valence-electron chi connectivity index (χ2n) is 5.39. The summed E-state index contributed by atoms with van der Waals surface area (Å²) in [7, 11) is 0. The molecule has 1 aliphatic heterocycles. The SMILES string of the molecule is CC(C)c1cnc(N2CCCCC2CCN)nc1. The lowest BCUT2D eigenvalue weighted by Gasteiger charge is -2.35. The molecule has 0 aliphatic carbocycles. The van der Waals surface area contributed by atoms with Crippen LogP contribution in [0.15, 0.2) is 12.4 Å². The molecule has 0 bridgehead atoms. The first-order valence-electron chi connectivity index (χ1n) is 7.01. The number of piperidine rings is 1. The Morgan fingerprint density at radius 1 is 1.33 bits per heavy atom. The third kappa shape index (κ3) is 2.99. The van der Waals surface area contributed by atoms with Gasteiger partial charge in [0.2, 0.25) is 5.95 Å². The molecule has 0 amide bonds. The molecule has 4 nitrogen and oxygen atoms in total. The Morgan fingerprint density at radius 3 is 2.67 bits per heavy atom. The highest BCUT2D eigenvalue weighted by atomic mass is 15.3. The van der Waals surface area contributed by atoms with Crippen LogP contribution in [0.1, 0.15) is 51.0 Å². The molecule has 1 aromatic rings. The van der Waals surface area contributed by atoms with Gasteiger partial charge in [-0.3, -0.25) is 0 Å². The van der Waals surface area contributed by atoms with Gasteiger partial charge in [-0.15, -0.1) is 0 Å². The van der Waals surface area contributed by atoms with E-state index in [0.29, 0.717) is 12.0 Å². The van der Waals surface area contributed by atoms with Gasteiger partial charge in [0.05, 0.1) is 0 Å². The fourth-order valence-corrected chi connectivity index (χ4v) is 2.53. The molecule has 2 rings (SSSR count). The molecule has 100 valence electrons. The molecule has 1 aliphatic rings. The summed E-state index contributed by atoms with van der Waals surface area (Å²) in [6.07, 6.45) is 8.70. The standard InChI is InChI=1S/C14H24N4/c1-11(2)12-9-16-14(17-10-12)18-8-4-3-5-13(18)6-7-15/h9-11,13H,3-8,15H2,1-2H3. The van der Waals surface area contributed by atoms with Crippen LogP contribution in [0.3, 0.4) is 0 Å². The zero-order valence-corrected chi connectivity index (χ0v) is 11.5. The van der Waals surface area contributed by atoms with Crippen LogP contribution < -0.4 is 10.6 Å². The lowest BCUT2D eigenvalue weighted by molar-refractivity contribution is 0.435. The maximum absolute atomic E-state index is 5.70. The Labute approximate surface area is 110 Å². The van der Waals surface area contributed by atoms with Gasteiger partial charge in [0.1, 0.15) is 0 Å². The summed E-state index contributed by atoms with van der Waals surface area (Å²) in [5, 5.41) is 0. The predicted molar refractivity (Wildman–Crippen MR) is 74.8 cm³/mol. The van der Waals surface area contributed by atoms with E-state index in [1.807, 2.05) is 12.4 Å². The third-order valence-electron chi connectivity index (χ3n) is 3.71. The molecule has 0 spiro atoms. The summed E-state index contributed by atoms with van der Waals surface area (Å²) in [6, 6.07) is 0.522. The van der Waals surface area contributed by atoms with Crippen LogP contribution in [0.4, 0.5) is 5.95 Å². The van der Waals surface area contributed by atoms with Crippen LogP contribution in [-0.2, 0) is 0 Å². The topological polar surface area (TPSA) is 55.0 Å². The highest BCUT2D eigenvalue weighted by molar-refractivity contribution is 5.33. The molecule has 2 heterocycles. The molecule has 1 fully saturated rings. The van der Waals surface area contributed by atoms with Crippen LogP contribution in [0, 0.1) is 0 Å². The molecule has 1 atom stereocenters. The number of anilines is 1. The first-order valence-corrected chi connectivity index (χ1v) is 7.01. The smallest absolute Gasteiger partial charge is 0.225 e. The van der Waals surface area contributed by atoms with Crippen LogP contribution in [0.5, 0.6) is 0 Å². The molecule has 0 saturated carbocycles. The minimum atomic E-state index is 0.486. The Morgan fingerprint density at radius 2 is 2.06 bits per heavy atom. The quantitative estimate of drug-likeness (QED) is 0.888. The molecule has 2 N–H and O–H groups in total. The maximum atomic E-state index is 5.70. The summed E-state index contributed by atoms with van der Waals surface area (Å²) >= 11 is 0. The van der Waals surface area contributed by atoms with Crippen molar-refractivity contribution in [3.63, 3.8) is 0 Å². The summed E-state index contributed by atoms with van der Waals surface area (Å²) in [6.45, 7) is 6.13. The zero-order valence-electron chi connectivity index (χ0n) is 11.5. The predicted octanol–water partition coefficient (Wildman–Crippen LogP) is 2.31. The van der Waals surface area contributed by atoms with Gasteiger partial charge in [0.25, 0.3) is 0 Å². The van der Waals surface area contributed by atoms with Gasteiger partial charge in [0, 0.05) is 25.0 Å². The highest BCUT2D eigenvalue weighted by Crippen LogP contribution is 2.24. The third-order valence-corrected chi connectivity index (χ3v) is 3.71. The van der Waals surface area contributed by atoms with E-state index in [1.165, 1.54) is 24.8 Å². The van der Waals surface area contributed by atoms with Gasteiger partial charge >= 0.3 is 0 Å². The van der Waals surface area contributed by atoms with E-state index >= 15 is 0 Å². The van der Waals surface area contributed by atoms with Crippen LogP contribution >= 0.6 is 0 Å². The summed E-state index contributed by atoms with van der Waals surface area (Å²) in [4.78, 5) is 11.4. The van der Waals surface area contributed by atoms with Crippen LogP contribution in [0.2, 0.25) is 0 Å². The van der Waals surface area contributed by atoms with Crippen molar-refractivity contribution in [1.82, 2.24) is 9.97 Å². The molecule has 4 heteroatoms. The molecule has 0 aromatic carbocycles. The number of nitrogens with zero attached hydrogens (tertiary/aromatic N) is 3. The Kier molecular flexibility index (Phi) is 4.53. The molecular weight excluding hydrogens is 224 g/mol. The minimum absolute atomic E-state index is 0.486. The lowest BCUT2D eigenvalue weighted by Crippen LogP contribution is -2.41. The zero-order chi connectivity index (χ0) is 13.0. The maximum Gasteiger partial charge on any atom is 0.225 e. The van der Waals surface area contributed by atoms with Crippen LogP contribution in [0.25, 0.3) is 0 Å². The Balaban J connectivity index is 2.12. The van der Waals surface area contributed by atoms with Gasteiger partial charge in [0.15, 0.2) is 0 Å². The van der Waals surface area contributed by atoms with Crippen LogP contribution in [-0.4, -0.2) is 29.1 Å². The van der Waals surface area contributed by atoms with Gasteiger partial charge in [-0.05, 0) is 43.7 Å². The minimum Gasteiger partial charge on any atom is -0.338 e. The molecule has 1 saturated heterocycles. The molecular formula is C14H24N4. The van der Waals surface area contributed by atoms with Crippen molar-refractivity contribution in [3.8, 4) is 0 Å². The van der Waals surface area contributed by atoms with E-state index in [2.05, 4.69) is 28.7 Å². The fraction of sp³-hybridized carbons (Fsp3) is 0.714. The lowest BCUT2D eigenvalue weighted by atomic mass is 10.00. The van der Waals surface area contributed by atoms with Gasteiger partial charge < -0.3 is 10.6 Å². The second-order valence-corrected chi connectivity index (χ2v) is 5.39. The second kappa shape index (κ2) is 6.14. The normalized spacial score (nSPS) is 20.4. The molecule has 1 aromatic heterocycles. The van der Waals surface area contributed by atoms with Crippen molar-refractivity contribution in [2.24, 2.45) is 5.73 Å². The molecule has 18 heavy (non-hydrogen) atoms. The van der Waals surface area contributed by atoms with E-state index < -0.39 is 0 Å². The van der Waals surface area contributed by atoms with E-state index in [9.17, 15) is 0 Å². The number of hydrogen-bond acceptors (Lipinski definition) is 4. The van der Waals surface area contributed by atoms with E-state index in [0.717, 1.165) is 25.5 Å². The largest absolute Gasteiger partial charge is 0.338 e. The first-order chi connectivity index (χ1) is 8.72. The van der Waals surface area contributed by atoms with Gasteiger partial charge in [-0.25, -0.2) is 9.97 Å². The number of rotatable bonds is 4. The Hall–Kier alpha value is -1.16.